The van der Waals surface area contributed by atoms with E-state index in [1.54, 1.807) is 6.07 Å². The van der Waals surface area contributed by atoms with Crippen LogP contribution >= 0.6 is 0 Å². The van der Waals surface area contributed by atoms with Crippen LogP contribution in [0.4, 0.5) is 10.1 Å². The summed E-state index contributed by atoms with van der Waals surface area (Å²) in [6.07, 6.45) is 5.91. The molecule has 0 saturated carbocycles. The maximum atomic E-state index is 14.7. The number of anilines is 1. The van der Waals surface area contributed by atoms with E-state index >= 15 is 0 Å². The lowest BCUT2D eigenvalue weighted by Crippen LogP contribution is -2.48. The third kappa shape index (κ3) is 7.35. The Morgan fingerprint density at radius 2 is 1.87 bits per heavy atom. The normalized spacial score (nSPS) is 19.6. The number of benzene rings is 1. The lowest BCUT2D eigenvalue weighted by molar-refractivity contribution is 0.145. The van der Waals surface area contributed by atoms with Gasteiger partial charge in [0.2, 0.25) is 0 Å². The zero-order valence-electron chi connectivity index (χ0n) is 19.2. The Hall–Kier alpha value is -1.86. The number of aliphatic hydroxyl groups excluding tert-OH is 1. The average molecular weight is 434 g/mol. The fraction of sp³-hybridized carbons (Fsp3) is 0.708. The van der Waals surface area contributed by atoms with Gasteiger partial charge in [-0.25, -0.2) is 9.38 Å². The first-order chi connectivity index (χ1) is 15.1. The lowest BCUT2D eigenvalue weighted by Gasteiger charge is -2.33. The molecule has 1 aromatic carbocycles. The fourth-order valence-electron chi connectivity index (χ4n) is 4.38. The molecule has 0 spiro atoms. The van der Waals surface area contributed by atoms with Crippen molar-refractivity contribution in [2.75, 3.05) is 44.2 Å². The standard InChI is InChI=1S/C24H40FN5O/c1-3-5-12-29-13-8-20(9-14-29)28-24(26-4-2)27-18-19-6-7-23(22(25)17-19)30-15-10-21(31)11-16-30/h6-7,17,20-21,31H,3-5,8-16,18H2,1-2H3,(H2,26,27,28). The second-order valence-electron chi connectivity index (χ2n) is 8.81. The van der Waals surface area contributed by atoms with Gasteiger partial charge in [0.25, 0.3) is 0 Å². The molecule has 0 bridgehead atoms. The second-order valence-corrected chi connectivity index (χ2v) is 8.81. The molecular formula is C24H40FN5O. The highest BCUT2D eigenvalue weighted by atomic mass is 19.1. The molecule has 0 aromatic heterocycles. The van der Waals surface area contributed by atoms with E-state index in [2.05, 4.69) is 29.4 Å². The van der Waals surface area contributed by atoms with Crippen molar-refractivity contribution >= 4 is 11.6 Å². The molecule has 2 fully saturated rings. The molecule has 3 N–H and O–H groups in total. The molecule has 2 aliphatic heterocycles. The SMILES string of the molecule is CCCCN1CCC(NC(=NCc2ccc(N3CCC(O)CC3)c(F)c2)NCC)CC1. The topological polar surface area (TPSA) is 63.1 Å². The molecule has 2 aliphatic rings. The van der Waals surface area contributed by atoms with E-state index in [-0.39, 0.29) is 11.9 Å². The number of rotatable bonds is 8. The Morgan fingerprint density at radius 3 is 2.52 bits per heavy atom. The van der Waals surface area contributed by atoms with Crippen molar-refractivity contribution in [2.45, 2.75) is 71.1 Å². The summed E-state index contributed by atoms with van der Waals surface area (Å²) in [6.45, 7) is 10.4. The fourth-order valence-corrected chi connectivity index (χ4v) is 4.38. The van der Waals surface area contributed by atoms with Gasteiger partial charge in [0.15, 0.2) is 5.96 Å². The van der Waals surface area contributed by atoms with Crippen molar-refractivity contribution in [3.05, 3.63) is 29.6 Å². The van der Waals surface area contributed by atoms with Gasteiger partial charge in [-0.1, -0.05) is 19.4 Å². The number of aliphatic imine (C=N–C) groups is 1. The summed E-state index contributed by atoms with van der Waals surface area (Å²) in [5.74, 6) is 0.602. The van der Waals surface area contributed by atoms with Crippen LogP contribution in [-0.2, 0) is 6.54 Å². The van der Waals surface area contributed by atoms with Crippen LogP contribution in [0.15, 0.2) is 23.2 Å². The van der Waals surface area contributed by atoms with Gasteiger partial charge in [0.05, 0.1) is 18.3 Å². The quantitative estimate of drug-likeness (QED) is 0.434. The smallest absolute Gasteiger partial charge is 0.191 e. The minimum atomic E-state index is -0.256. The van der Waals surface area contributed by atoms with Gasteiger partial charge in [-0.15, -0.1) is 0 Å². The molecular weight excluding hydrogens is 393 g/mol. The van der Waals surface area contributed by atoms with Crippen LogP contribution in [-0.4, -0.2) is 67.4 Å². The van der Waals surface area contributed by atoms with Gasteiger partial charge < -0.3 is 25.5 Å². The number of hydrogen-bond acceptors (Lipinski definition) is 4. The van der Waals surface area contributed by atoms with Crippen molar-refractivity contribution in [3.63, 3.8) is 0 Å². The molecule has 1 aromatic rings. The first-order valence-corrected chi connectivity index (χ1v) is 12.1. The zero-order valence-corrected chi connectivity index (χ0v) is 19.2. The van der Waals surface area contributed by atoms with Crippen LogP contribution in [0, 0.1) is 5.82 Å². The maximum Gasteiger partial charge on any atom is 0.191 e. The minimum Gasteiger partial charge on any atom is -0.393 e. The number of nitrogens with one attached hydrogen (secondary N) is 2. The van der Waals surface area contributed by atoms with Crippen LogP contribution in [0.3, 0.4) is 0 Å². The summed E-state index contributed by atoms with van der Waals surface area (Å²) >= 11 is 0. The highest BCUT2D eigenvalue weighted by molar-refractivity contribution is 5.80. The number of hydrogen-bond donors (Lipinski definition) is 3. The molecule has 2 saturated heterocycles. The van der Waals surface area contributed by atoms with E-state index in [0.717, 1.165) is 44.0 Å². The van der Waals surface area contributed by atoms with Gasteiger partial charge in [-0.3, -0.25) is 0 Å². The molecule has 0 amide bonds. The second kappa shape index (κ2) is 12.2. The molecule has 2 heterocycles. The summed E-state index contributed by atoms with van der Waals surface area (Å²) in [7, 11) is 0. The van der Waals surface area contributed by atoms with E-state index in [4.69, 9.17) is 4.99 Å². The molecule has 0 unspecified atom stereocenters. The van der Waals surface area contributed by atoms with Crippen molar-refractivity contribution < 1.29 is 9.50 Å². The van der Waals surface area contributed by atoms with Crippen LogP contribution in [0.2, 0.25) is 0 Å². The summed E-state index contributed by atoms with van der Waals surface area (Å²) in [4.78, 5) is 9.28. The van der Waals surface area contributed by atoms with Gasteiger partial charge in [0, 0.05) is 38.8 Å². The molecule has 0 aliphatic carbocycles. The number of likely N-dealkylation sites (tertiary alicyclic amines) is 1. The summed E-state index contributed by atoms with van der Waals surface area (Å²) in [5.41, 5.74) is 1.49. The first-order valence-electron chi connectivity index (χ1n) is 12.1. The predicted molar refractivity (Wildman–Crippen MR) is 126 cm³/mol. The van der Waals surface area contributed by atoms with Gasteiger partial charge in [0.1, 0.15) is 5.82 Å². The average Bonchev–Trinajstić information content (AvgIpc) is 2.78. The van der Waals surface area contributed by atoms with Crippen molar-refractivity contribution in [1.82, 2.24) is 15.5 Å². The molecule has 3 rings (SSSR count). The Morgan fingerprint density at radius 1 is 1.13 bits per heavy atom. The van der Waals surface area contributed by atoms with Crippen molar-refractivity contribution in [2.24, 2.45) is 4.99 Å². The number of unbranched alkanes of at least 4 members (excludes halogenated alkanes) is 1. The summed E-state index contributed by atoms with van der Waals surface area (Å²) < 4.78 is 14.7. The van der Waals surface area contributed by atoms with Gasteiger partial charge in [-0.2, -0.15) is 0 Å². The Balaban J connectivity index is 1.53. The number of nitrogens with zero attached hydrogens (tertiary/aromatic N) is 3. The van der Waals surface area contributed by atoms with Crippen molar-refractivity contribution in [1.29, 1.82) is 0 Å². The summed E-state index contributed by atoms with van der Waals surface area (Å²) in [6, 6.07) is 5.84. The Kier molecular flexibility index (Phi) is 9.40. The van der Waals surface area contributed by atoms with E-state index in [9.17, 15) is 9.50 Å². The van der Waals surface area contributed by atoms with E-state index in [0.29, 0.717) is 44.2 Å². The lowest BCUT2D eigenvalue weighted by atomic mass is 10.0. The number of halogens is 1. The maximum absolute atomic E-state index is 14.7. The minimum absolute atomic E-state index is 0.207. The molecule has 6 nitrogen and oxygen atoms in total. The van der Waals surface area contributed by atoms with E-state index in [1.165, 1.54) is 19.4 Å². The van der Waals surface area contributed by atoms with Gasteiger partial charge >= 0.3 is 0 Å². The van der Waals surface area contributed by atoms with Crippen LogP contribution in [0.25, 0.3) is 0 Å². The van der Waals surface area contributed by atoms with Crippen LogP contribution in [0.1, 0.15) is 57.9 Å². The monoisotopic (exact) mass is 433 g/mol. The molecule has 31 heavy (non-hydrogen) atoms. The Bertz CT molecular complexity index is 697. The van der Waals surface area contributed by atoms with Crippen LogP contribution in [0.5, 0.6) is 0 Å². The molecule has 7 heteroatoms. The number of guanidine groups is 1. The predicted octanol–water partition coefficient (Wildman–Crippen LogP) is 3.11. The number of aliphatic hydroxyl groups is 1. The molecule has 174 valence electrons. The molecule has 0 radical (unpaired) electrons. The number of piperidine rings is 2. The molecule has 0 atom stereocenters. The third-order valence-corrected chi connectivity index (χ3v) is 6.34. The third-order valence-electron chi connectivity index (χ3n) is 6.34. The van der Waals surface area contributed by atoms with E-state index in [1.807, 2.05) is 17.0 Å². The van der Waals surface area contributed by atoms with Crippen molar-refractivity contribution in [3.8, 4) is 0 Å². The Labute approximate surface area is 186 Å². The summed E-state index contributed by atoms with van der Waals surface area (Å²) in [5, 5.41) is 16.6. The highest BCUT2D eigenvalue weighted by Gasteiger charge is 2.21. The highest BCUT2D eigenvalue weighted by Crippen LogP contribution is 2.24. The van der Waals surface area contributed by atoms with E-state index < -0.39 is 0 Å². The first kappa shape index (κ1) is 23.8. The largest absolute Gasteiger partial charge is 0.393 e. The van der Waals surface area contributed by atoms with Crippen LogP contribution < -0.4 is 15.5 Å². The van der Waals surface area contributed by atoms with Gasteiger partial charge in [-0.05, 0) is 63.3 Å². The zero-order chi connectivity index (χ0) is 22.1.